The van der Waals surface area contributed by atoms with Crippen LogP contribution in [0.4, 0.5) is 8.78 Å². The average molecular weight is 393 g/mol. The van der Waals surface area contributed by atoms with Gasteiger partial charge in [0.2, 0.25) is 5.91 Å². The second-order valence-corrected chi connectivity index (χ2v) is 7.26. The molecule has 2 aliphatic rings. The largest absolute Gasteiger partial charge is 0.357 e. The minimum absolute atomic E-state index is 0.0829. The first-order chi connectivity index (χ1) is 13.6. The van der Waals surface area contributed by atoms with E-state index in [2.05, 4.69) is 20.1 Å². The van der Waals surface area contributed by atoms with Crippen LogP contribution in [-0.2, 0) is 11.3 Å². The molecule has 0 aliphatic carbocycles. The zero-order valence-corrected chi connectivity index (χ0v) is 16.5. The van der Waals surface area contributed by atoms with Crippen molar-refractivity contribution >= 4 is 11.9 Å². The molecule has 2 fully saturated rings. The molecular weight excluding hydrogens is 364 g/mol. The molecule has 0 bridgehead atoms. The number of hydrogen-bond donors (Lipinski definition) is 1. The maximum absolute atomic E-state index is 13.8. The zero-order chi connectivity index (χ0) is 19.9. The lowest BCUT2D eigenvalue weighted by molar-refractivity contribution is -0.131. The predicted molar refractivity (Wildman–Crippen MR) is 105 cm³/mol. The molecule has 1 N–H and O–H groups in total. The van der Waals surface area contributed by atoms with E-state index in [-0.39, 0.29) is 18.0 Å². The number of rotatable bonds is 5. The molecule has 0 aromatic heterocycles. The number of hydrogen-bond acceptors (Lipinski definition) is 3. The van der Waals surface area contributed by atoms with Gasteiger partial charge in [0, 0.05) is 51.4 Å². The average Bonchev–Trinajstić information content (AvgIpc) is 3.23. The van der Waals surface area contributed by atoms with Crippen LogP contribution >= 0.6 is 0 Å². The van der Waals surface area contributed by atoms with E-state index in [0.29, 0.717) is 19.0 Å². The van der Waals surface area contributed by atoms with Gasteiger partial charge in [-0.15, -0.1) is 0 Å². The highest BCUT2D eigenvalue weighted by Gasteiger charge is 2.24. The van der Waals surface area contributed by atoms with Crippen molar-refractivity contribution in [3.05, 3.63) is 35.4 Å². The molecule has 1 aromatic carbocycles. The summed E-state index contributed by atoms with van der Waals surface area (Å²) in [6.45, 7) is 8.02. The van der Waals surface area contributed by atoms with Crippen molar-refractivity contribution in [3.63, 3.8) is 0 Å². The fourth-order valence-electron chi connectivity index (χ4n) is 3.63. The predicted octanol–water partition coefficient (Wildman–Crippen LogP) is 1.67. The van der Waals surface area contributed by atoms with E-state index >= 15 is 0 Å². The first-order valence-electron chi connectivity index (χ1n) is 10.0. The number of piperazine rings is 1. The van der Waals surface area contributed by atoms with Crippen LogP contribution in [0.25, 0.3) is 0 Å². The third kappa shape index (κ3) is 5.41. The quantitative estimate of drug-likeness (QED) is 0.611. The number of amides is 1. The summed E-state index contributed by atoms with van der Waals surface area (Å²) in [6.07, 6.45) is 2.21. The summed E-state index contributed by atoms with van der Waals surface area (Å²) in [5, 5.41) is 3.22. The number of benzene rings is 1. The monoisotopic (exact) mass is 393 g/mol. The Hall–Kier alpha value is -2.22. The van der Waals surface area contributed by atoms with Gasteiger partial charge < -0.3 is 15.1 Å². The molecule has 8 heteroatoms. The summed E-state index contributed by atoms with van der Waals surface area (Å²) >= 11 is 0. The maximum Gasteiger partial charge on any atom is 0.236 e. The summed E-state index contributed by atoms with van der Waals surface area (Å²) in [5.41, 5.74) is 0.241. The number of carbonyl (C=O) groups excluding carboxylic acids is 1. The lowest BCUT2D eigenvalue weighted by atomic mass is 10.2. The van der Waals surface area contributed by atoms with E-state index in [4.69, 9.17) is 0 Å². The molecule has 1 aromatic rings. The van der Waals surface area contributed by atoms with E-state index in [1.165, 1.54) is 6.07 Å². The molecule has 0 spiro atoms. The van der Waals surface area contributed by atoms with Gasteiger partial charge in [-0.05, 0) is 38.0 Å². The molecular formula is C20H29F2N5O. The van der Waals surface area contributed by atoms with E-state index in [1.54, 1.807) is 0 Å². The number of carbonyl (C=O) groups is 1. The number of nitrogens with one attached hydrogen (secondary N) is 1. The second-order valence-electron chi connectivity index (χ2n) is 7.26. The lowest BCUT2D eigenvalue weighted by Crippen LogP contribution is -2.54. The van der Waals surface area contributed by atoms with E-state index in [0.717, 1.165) is 64.2 Å². The molecule has 6 nitrogen and oxygen atoms in total. The third-order valence-electron chi connectivity index (χ3n) is 5.23. The third-order valence-corrected chi connectivity index (χ3v) is 5.23. The van der Waals surface area contributed by atoms with Crippen LogP contribution in [0.5, 0.6) is 0 Å². The minimum Gasteiger partial charge on any atom is -0.357 e. The summed E-state index contributed by atoms with van der Waals surface area (Å²) in [7, 11) is 0. The van der Waals surface area contributed by atoms with E-state index in [9.17, 15) is 13.6 Å². The van der Waals surface area contributed by atoms with Gasteiger partial charge in [0.15, 0.2) is 5.96 Å². The first kappa shape index (κ1) is 20.5. The smallest absolute Gasteiger partial charge is 0.236 e. The maximum atomic E-state index is 13.8. The van der Waals surface area contributed by atoms with Crippen molar-refractivity contribution in [2.75, 3.05) is 52.4 Å². The molecule has 1 amide bonds. The second kappa shape index (κ2) is 9.82. The lowest BCUT2D eigenvalue weighted by Gasteiger charge is -2.36. The van der Waals surface area contributed by atoms with Gasteiger partial charge >= 0.3 is 0 Å². The molecule has 0 unspecified atom stereocenters. The number of aliphatic imine (C=N–C) groups is 1. The van der Waals surface area contributed by atoms with Gasteiger partial charge in [-0.2, -0.15) is 0 Å². The minimum atomic E-state index is -0.465. The highest BCUT2D eigenvalue weighted by atomic mass is 19.1. The van der Waals surface area contributed by atoms with Gasteiger partial charge in [0.1, 0.15) is 11.6 Å². The van der Waals surface area contributed by atoms with Crippen molar-refractivity contribution in [2.45, 2.75) is 26.3 Å². The standard InChI is InChI=1S/C20H29F2N5O/c1-2-23-20(24-14-16-13-17(21)5-6-18(16)22)27-11-9-25(10-12-27)15-19(28)26-7-3-4-8-26/h5-6,13H,2-4,7-12,14-15H2,1H3,(H,23,24). The van der Waals surface area contributed by atoms with Gasteiger partial charge in [-0.25, -0.2) is 13.8 Å². The summed E-state index contributed by atoms with van der Waals surface area (Å²) in [5.74, 6) is -0.0103. The van der Waals surface area contributed by atoms with E-state index in [1.807, 2.05) is 11.8 Å². The topological polar surface area (TPSA) is 51.2 Å². The highest BCUT2D eigenvalue weighted by Crippen LogP contribution is 2.12. The van der Waals surface area contributed by atoms with Crippen LogP contribution in [0.15, 0.2) is 23.2 Å². The number of halogens is 2. The van der Waals surface area contributed by atoms with Gasteiger partial charge in [-0.1, -0.05) is 0 Å². The Balaban J connectivity index is 1.55. The van der Waals surface area contributed by atoms with Crippen molar-refractivity contribution < 1.29 is 13.6 Å². The molecule has 154 valence electrons. The molecule has 2 saturated heterocycles. The van der Waals surface area contributed by atoms with Crippen LogP contribution in [0, 0.1) is 11.6 Å². The molecule has 28 heavy (non-hydrogen) atoms. The first-order valence-corrected chi connectivity index (χ1v) is 10.0. The van der Waals surface area contributed by atoms with Crippen LogP contribution in [0.1, 0.15) is 25.3 Å². The SMILES string of the molecule is CCNC(=NCc1cc(F)ccc1F)N1CCN(CC(=O)N2CCCC2)CC1. The molecule has 2 heterocycles. The highest BCUT2D eigenvalue weighted by molar-refractivity contribution is 5.80. The Morgan fingerprint density at radius 2 is 1.79 bits per heavy atom. The van der Waals surface area contributed by atoms with Crippen LogP contribution in [0.2, 0.25) is 0 Å². The van der Waals surface area contributed by atoms with Crippen molar-refractivity contribution in [1.29, 1.82) is 0 Å². The van der Waals surface area contributed by atoms with Crippen LogP contribution < -0.4 is 5.32 Å². The summed E-state index contributed by atoms with van der Waals surface area (Å²) < 4.78 is 27.2. The Morgan fingerprint density at radius 1 is 1.07 bits per heavy atom. The van der Waals surface area contributed by atoms with Gasteiger partial charge in [0.25, 0.3) is 0 Å². The van der Waals surface area contributed by atoms with Gasteiger partial charge in [0.05, 0.1) is 13.1 Å². The molecule has 2 aliphatic heterocycles. The Bertz CT molecular complexity index is 698. The number of guanidine groups is 1. The molecule has 0 atom stereocenters. The number of likely N-dealkylation sites (tertiary alicyclic amines) is 1. The van der Waals surface area contributed by atoms with Crippen molar-refractivity contribution in [2.24, 2.45) is 4.99 Å². The Morgan fingerprint density at radius 3 is 2.46 bits per heavy atom. The normalized spacial score (nSPS) is 18.6. The van der Waals surface area contributed by atoms with Gasteiger partial charge in [-0.3, -0.25) is 9.69 Å². The van der Waals surface area contributed by atoms with Crippen LogP contribution in [0.3, 0.4) is 0 Å². The van der Waals surface area contributed by atoms with Crippen LogP contribution in [-0.4, -0.2) is 78.9 Å². The number of nitrogens with zero attached hydrogens (tertiary/aromatic N) is 4. The summed E-state index contributed by atoms with van der Waals surface area (Å²) in [6, 6.07) is 3.42. The molecule has 0 saturated carbocycles. The zero-order valence-electron chi connectivity index (χ0n) is 16.5. The van der Waals surface area contributed by atoms with Crippen molar-refractivity contribution in [3.8, 4) is 0 Å². The molecule has 3 rings (SSSR count). The fourth-order valence-corrected chi connectivity index (χ4v) is 3.63. The Kier molecular flexibility index (Phi) is 7.19. The van der Waals surface area contributed by atoms with Crippen molar-refractivity contribution in [1.82, 2.24) is 20.0 Å². The summed E-state index contributed by atoms with van der Waals surface area (Å²) in [4.78, 5) is 23.0. The van der Waals surface area contributed by atoms with E-state index < -0.39 is 11.6 Å². The Labute approximate surface area is 165 Å². The fraction of sp³-hybridized carbons (Fsp3) is 0.600. The molecule has 0 radical (unpaired) electrons.